The fourth-order valence-corrected chi connectivity index (χ4v) is 1.97. The average molecular weight is 309 g/mol. The molecule has 1 aliphatic carbocycles. The maximum atomic E-state index is 11.6. The molecule has 0 aromatic rings. The molecule has 1 fully saturated rings. The first-order chi connectivity index (χ1) is 7.25. The maximum Gasteiger partial charge on any atom is 0.272 e. The van der Waals surface area contributed by atoms with Crippen molar-refractivity contribution in [2.24, 2.45) is 0 Å². The van der Waals surface area contributed by atoms with Crippen LogP contribution in [0.1, 0.15) is 32.1 Å². The molecule has 16 heavy (non-hydrogen) atoms. The van der Waals surface area contributed by atoms with Crippen LogP contribution in [-0.4, -0.2) is 25.9 Å². The van der Waals surface area contributed by atoms with Gasteiger partial charge in [0.1, 0.15) is 0 Å². The second-order valence-electron chi connectivity index (χ2n) is 3.93. The molecule has 1 amide bonds. The van der Waals surface area contributed by atoms with Gasteiger partial charge in [0.15, 0.2) is 0 Å². The Balaban J connectivity index is 2.57. The van der Waals surface area contributed by atoms with E-state index in [4.69, 9.17) is 46.4 Å². The zero-order valence-corrected chi connectivity index (χ0v) is 11.5. The summed E-state index contributed by atoms with van der Waals surface area (Å²) in [5.74, 6) is -0.860. The van der Waals surface area contributed by atoms with Gasteiger partial charge in [-0.1, -0.05) is 65.7 Å². The van der Waals surface area contributed by atoms with Crippen LogP contribution in [0.2, 0.25) is 0 Å². The number of hydrogen-bond donors (Lipinski definition) is 2. The predicted molar refractivity (Wildman–Crippen MR) is 66.1 cm³/mol. The summed E-state index contributed by atoms with van der Waals surface area (Å²) < 4.78 is -2.26. The van der Waals surface area contributed by atoms with E-state index in [0.717, 1.165) is 32.1 Å². The van der Waals surface area contributed by atoms with Crippen LogP contribution >= 0.6 is 46.4 Å². The lowest BCUT2D eigenvalue weighted by atomic mass is 9.95. The fourth-order valence-electron chi connectivity index (χ4n) is 1.66. The molecule has 1 unspecified atom stereocenters. The normalized spacial score (nSPS) is 22.6. The third-order valence-electron chi connectivity index (χ3n) is 2.62. The molecule has 0 radical (unpaired) electrons. The van der Waals surface area contributed by atoms with Crippen LogP contribution in [0.15, 0.2) is 0 Å². The van der Waals surface area contributed by atoms with Crippen LogP contribution in [0.25, 0.3) is 0 Å². The van der Waals surface area contributed by atoms with Gasteiger partial charge in [-0.05, 0) is 12.8 Å². The number of amides is 1. The quantitative estimate of drug-likeness (QED) is 0.771. The second-order valence-corrected chi connectivity index (χ2v) is 6.76. The zero-order chi connectivity index (χ0) is 12.4. The minimum atomic E-state index is -2.53. The van der Waals surface area contributed by atoms with E-state index in [1.807, 2.05) is 0 Å². The van der Waals surface area contributed by atoms with Crippen molar-refractivity contribution in [3.8, 4) is 0 Å². The summed E-state index contributed by atoms with van der Waals surface area (Å²) in [7, 11) is 0. The summed E-state index contributed by atoms with van der Waals surface area (Å²) in [6, 6.07) is -0.00104. The average Bonchev–Trinajstić information content (AvgIpc) is 2.17. The number of rotatable bonds is 2. The van der Waals surface area contributed by atoms with Crippen molar-refractivity contribution >= 4 is 52.3 Å². The van der Waals surface area contributed by atoms with Gasteiger partial charge in [0.05, 0.1) is 0 Å². The van der Waals surface area contributed by atoms with Gasteiger partial charge < -0.3 is 10.4 Å². The molecule has 0 aromatic heterocycles. The van der Waals surface area contributed by atoms with E-state index in [1.165, 1.54) is 0 Å². The van der Waals surface area contributed by atoms with Crippen molar-refractivity contribution in [1.82, 2.24) is 5.32 Å². The highest BCUT2D eigenvalue weighted by atomic mass is 35.6. The van der Waals surface area contributed by atoms with Crippen LogP contribution in [0.5, 0.6) is 0 Å². The van der Waals surface area contributed by atoms with Gasteiger partial charge in [0, 0.05) is 6.04 Å². The lowest BCUT2D eigenvalue weighted by Gasteiger charge is -2.30. The van der Waals surface area contributed by atoms with Crippen molar-refractivity contribution in [3.63, 3.8) is 0 Å². The Kier molecular flexibility index (Phi) is 5.03. The Morgan fingerprint density at radius 3 is 2.06 bits per heavy atom. The van der Waals surface area contributed by atoms with Gasteiger partial charge in [-0.3, -0.25) is 4.79 Å². The Hall–Kier alpha value is 0.590. The second kappa shape index (κ2) is 5.49. The van der Waals surface area contributed by atoms with Crippen molar-refractivity contribution in [2.75, 3.05) is 0 Å². The summed E-state index contributed by atoms with van der Waals surface area (Å²) in [6.07, 6.45) is 4.96. The molecule has 0 spiro atoms. The Morgan fingerprint density at radius 2 is 1.62 bits per heavy atom. The third-order valence-corrected chi connectivity index (χ3v) is 4.18. The number of alkyl halides is 4. The van der Waals surface area contributed by atoms with E-state index < -0.39 is 14.8 Å². The van der Waals surface area contributed by atoms with E-state index in [0.29, 0.717) is 0 Å². The number of halogens is 4. The van der Waals surface area contributed by atoms with Crippen LogP contribution in [0.4, 0.5) is 0 Å². The van der Waals surface area contributed by atoms with Gasteiger partial charge in [-0.15, -0.1) is 0 Å². The van der Waals surface area contributed by atoms with E-state index in [2.05, 4.69) is 5.32 Å². The number of carbonyl (C=O) groups is 1. The van der Waals surface area contributed by atoms with Crippen molar-refractivity contribution in [3.05, 3.63) is 0 Å². The minimum absolute atomic E-state index is 0.00104. The van der Waals surface area contributed by atoms with Crippen molar-refractivity contribution < 1.29 is 9.90 Å². The molecule has 94 valence electrons. The molecule has 1 atom stereocenters. The van der Waals surface area contributed by atoms with Gasteiger partial charge in [-0.25, -0.2) is 0 Å². The molecule has 0 bridgehead atoms. The smallest absolute Gasteiger partial charge is 0.272 e. The fraction of sp³-hybridized carbons (Fsp3) is 0.889. The van der Waals surface area contributed by atoms with Crippen molar-refractivity contribution in [1.29, 1.82) is 0 Å². The van der Waals surface area contributed by atoms with Gasteiger partial charge in [0.25, 0.3) is 11.0 Å². The third kappa shape index (κ3) is 3.54. The predicted octanol–water partition coefficient (Wildman–Crippen LogP) is 2.73. The zero-order valence-electron chi connectivity index (χ0n) is 8.48. The first-order valence-corrected chi connectivity index (χ1v) is 6.55. The monoisotopic (exact) mass is 307 g/mol. The highest BCUT2D eigenvalue weighted by Crippen LogP contribution is 2.41. The summed E-state index contributed by atoms with van der Waals surface area (Å²) in [6.45, 7) is 0. The molecule has 3 nitrogen and oxygen atoms in total. The summed E-state index contributed by atoms with van der Waals surface area (Å²) in [4.78, 5) is 11.6. The lowest BCUT2D eigenvalue weighted by molar-refractivity contribution is -0.133. The maximum absolute atomic E-state index is 11.6. The van der Waals surface area contributed by atoms with Crippen LogP contribution in [0, 0.1) is 0 Å². The van der Waals surface area contributed by atoms with E-state index in [1.54, 1.807) is 0 Å². The minimum Gasteiger partial charge on any atom is -0.364 e. The molecule has 1 aliphatic rings. The van der Waals surface area contributed by atoms with Gasteiger partial charge in [-0.2, -0.15) is 0 Å². The van der Waals surface area contributed by atoms with Gasteiger partial charge in [0.2, 0.25) is 3.79 Å². The van der Waals surface area contributed by atoms with E-state index >= 15 is 0 Å². The molecule has 0 aromatic carbocycles. The molecule has 1 saturated carbocycles. The molecular formula is C9H13Cl4NO2. The lowest BCUT2D eigenvalue weighted by Crippen LogP contribution is -2.54. The highest BCUT2D eigenvalue weighted by Gasteiger charge is 2.52. The SMILES string of the molecule is O=C(NC1CCCCC1)C(O)(Cl)C(Cl)(Cl)Cl. The number of carbonyl (C=O) groups excluding carboxylic acids is 1. The topological polar surface area (TPSA) is 49.3 Å². The number of nitrogens with one attached hydrogen (secondary N) is 1. The molecule has 7 heteroatoms. The van der Waals surface area contributed by atoms with Gasteiger partial charge >= 0.3 is 0 Å². The first kappa shape index (κ1) is 14.7. The first-order valence-electron chi connectivity index (χ1n) is 5.04. The largest absolute Gasteiger partial charge is 0.364 e. The molecular weight excluding hydrogens is 296 g/mol. The van der Waals surface area contributed by atoms with Crippen LogP contribution in [0.3, 0.4) is 0 Å². The van der Waals surface area contributed by atoms with Crippen molar-refractivity contribution in [2.45, 2.75) is 47.0 Å². The summed E-state index contributed by atoms with van der Waals surface area (Å²) in [5, 5.41) is 9.67. The van der Waals surface area contributed by atoms with E-state index in [-0.39, 0.29) is 6.04 Å². The summed E-state index contributed by atoms with van der Waals surface area (Å²) in [5.41, 5.74) is 0. The molecule has 0 heterocycles. The number of aliphatic hydroxyl groups is 1. The highest BCUT2D eigenvalue weighted by molar-refractivity contribution is 6.72. The van der Waals surface area contributed by atoms with Crippen LogP contribution < -0.4 is 5.32 Å². The Bertz CT molecular complexity index is 259. The molecule has 0 aliphatic heterocycles. The van der Waals surface area contributed by atoms with E-state index in [9.17, 15) is 9.90 Å². The standard InChI is InChI=1S/C9H13Cl4NO2/c10-8(16,9(11,12)13)7(15)14-6-4-2-1-3-5-6/h6,16H,1-5H2,(H,14,15). The molecule has 2 N–H and O–H groups in total. The Labute approximate surface area is 114 Å². The number of hydrogen-bond acceptors (Lipinski definition) is 2. The molecule has 1 rings (SSSR count). The Morgan fingerprint density at radius 1 is 1.12 bits per heavy atom. The van der Waals surface area contributed by atoms with Crippen LogP contribution in [-0.2, 0) is 4.79 Å². The summed E-state index contributed by atoms with van der Waals surface area (Å²) >= 11 is 21.8. The molecule has 0 saturated heterocycles.